The molecule has 1 aliphatic rings. The van der Waals surface area contributed by atoms with Gasteiger partial charge in [-0.1, -0.05) is 49.5 Å². The number of rotatable bonds is 10. The van der Waals surface area contributed by atoms with Crippen LogP contribution >= 0.6 is 11.3 Å². The van der Waals surface area contributed by atoms with Crippen molar-refractivity contribution in [3.8, 4) is 5.75 Å². The van der Waals surface area contributed by atoms with Crippen molar-refractivity contribution in [1.82, 2.24) is 4.98 Å². The van der Waals surface area contributed by atoms with Gasteiger partial charge in [0.25, 0.3) is 5.78 Å². The Bertz CT molecular complexity index is 1450. The molecule has 1 aliphatic heterocycles. The molecule has 4 rings (SSSR count). The molecule has 0 saturated carbocycles. The normalized spacial score (nSPS) is 16.4. The highest BCUT2D eigenvalue weighted by Crippen LogP contribution is 2.44. The van der Waals surface area contributed by atoms with Crippen molar-refractivity contribution in [2.24, 2.45) is 0 Å². The second-order valence-corrected chi connectivity index (χ2v) is 9.73. The summed E-state index contributed by atoms with van der Waals surface area (Å²) in [6.07, 6.45) is 3.22. The molecule has 39 heavy (non-hydrogen) atoms. The van der Waals surface area contributed by atoms with E-state index in [9.17, 15) is 23.9 Å². The molecule has 0 radical (unpaired) electrons. The van der Waals surface area contributed by atoms with Crippen molar-refractivity contribution in [2.75, 3.05) is 18.1 Å². The minimum Gasteiger partial charge on any atom is -0.507 e. The van der Waals surface area contributed by atoms with Crippen molar-refractivity contribution in [3.05, 3.63) is 94.3 Å². The fourth-order valence-corrected chi connectivity index (χ4v) is 5.08. The minimum atomic E-state index is -1.09. The number of aromatic nitrogens is 1. The number of benzene rings is 2. The number of halogens is 1. The van der Waals surface area contributed by atoms with Crippen LogP contribution in [0.3, 0.4) is 0 Å². The highest BCUT2D eigenvalue weighted by atomic mass is 32.1. The predicted octanol–water partition coefficient (Wildman–Crippen LogP) is 5.74. The zero-order valence-electron chi connectivity index (χ0n) is 21.5. The Morgan fingerprint density at radius 3 is 2.67 bits per heavy atom. The molecule has 10 heteroatoms. The number of unbranched alkanes of at least 4 members (excludes halogenated alkanes) is 1. The maximum Gasteiger partial charge on any atom is 0.350 e. The van der Waals surface area contributed by atoms with Crippen molar-refractivity contribution < 1.29 is 33.4 Å². The summed E-state index contributed by atoms with van der Waals surface area (Å²) in [4.78, 5) is 45.1. The predicted molar refractivity (Wildman–Crippen MR) is 145 cm³/mol. The first-order valence-corrected chi connectivity index (χ1v) is 13.1. The molecule has 1 N–H and O–H groups in total. The molecule has 0 bridgehead atoms. The third kappa shape index (κ3) is 5.75. The first-order valence-electron chi connectivity index (χ1n) is 12.3. The number of carbonyl (C=O) groups is 3. The summed E-state index contributed by atoms with van der Waals surface area (Å²) in [7, 11) is 0. The van der Waals surface area contributed by atoms with Gasteiger partial charge in [0.15, 0.2) is 5.13 Å². The van der Waals surface area contributed by atoms with Crippen LogP contribution in [-0.2, 0) is 14.3 Å². The Kier molecular flexibility index (Phi) is 8.55. The molecule has 1 unspecified atom stereocenters. The quantitative estimate of drug-likeness (QED) is 0.0857. The maximum atomic E-state index is 13.6. The van der Waals surface area contributed by atoms with Gasteiger partial charge in [-0.05, 0) is 55.3 Å². The van der Waals surface area contributed by atoms with E-state index in [2.05, 4.69) is 11.6 Å². The molecule has 8 nitrogen and oxygen atoms in total. The summed E-state index contributed by atoms with van der Waals surface area (Å²) >= 11 is 0.900. The third-order valence-electron chi connectivity index (χ3n) is 6.01. The van der Waals surface area contributed by atoms with Gasteiger partial charge in [-0.3, -0.25) is 14.5 Å². The molecule has 1 aromatic heterocycles. The lowest BCUT2D eigenvalue weighted by atomic mass is 9.95. The molecule has 1 fully saturated rings. The number of ether oxygens (including phenoxy) is 2. The number of aliphatic hydroxyl groups excluding tert-OH is 1. The van der Waals surface area contributed by atoms with Crippen LogP contribution in [0.4, 0.5) is 9.52 Å². The lowest BCUT2D eigenvalue weighted by molar-refractivity contribution is -0.132. The molecular weight excluding hydrogens is 523 g/mol. The van der Waals surface area contributed by atoms with Gasteiger partial charge in [-0.15, -0.1) is 0 Å². The lowest BCUT2D eigenvalue weighted by Gasteiger charge is -2.23. The number of hydrogen-bond acceptors (Lipinski definition) is 8. The number of ketones is 1. The lowest BCUT2D eigenvalue weighted by Crippen LogP contribution is -2.29. The second-order valence-electron chi connectivity index (χ2n) is 8.75. The Labute approximate surface area is 229 Å². The molecular formula is C29H27FN2O6S. The van der Waals surface area contributed by atoms with E-state index in [0.717, 1.165) is 41.2 Å². The van der Waals surface area contributed by atoms with E-state index < -0.39 is 35.3 Å². The van der Waals surface area contributed by atoms with Crippen LogP contribution < -0.4 is 9.64 Å². The summed E-state index contributed by atoms with van der Waals surface area (Å²) in [6.45, 7) is 7.64. The van der Waals surface area contributed by atoms with Crippen LogP contribution in [0.25, 0.3) is 5.76 Å². The van der Waals surface area contributed by atoms with E-state index >= 15 is 0 Å². The van der Waals surface area contributed by atoms with Gasteiger partial charge in [0.2, 0.25) is 0 Å². The monoisotopic (exact) mass is 550 g/mol. The zero-order valence-corrected chi connectivity index (χ0v) is 22.3. The average Bonchev–Trinajstić information content (AvgIpc) is 3.44. The minimum absolute atomic E-state index is 0.00147. The number of carbonyl (C=O) groups excluding carboxylic acids is 3. The number of anilines is 1. The number of aryl methyl sites for hydroxylation is 1. The highest BCUT2D eigenvalue weighted by Gasteiger charge is 2.48. The standard InChI is InChI=1S/C29H27FN2O6S/c1-4-6-15-37-21-9-7-8-19(16-21)23-22(24(33)18-10-12-20(30)13-11-18)25(34)27(35)32(23)29-31-17(3)26(39-29)28(36)38-14-5-2/h5,7-13,16,23,33H,2,4,6,14-15H2,1,3H3/b24-22+. The SMILES string of the molecule is C=CCOC(=O)c1sc(N2C(=O)C(=O)/C(=C(/O)c3ccc(F)cc3)C2c2cccc(OCCCC)c2)nc1C. The van der Waals surface area contributed by atoms with Gasteiger partial charge in [-0.25, -0.2) is 14.2 Å². The second kappa shape index (κ2) is 12.0. The van der Waals surface area contributed by atoms with Gasteiger partial charge in [0, 0.05) is 5.56 Å². The molecule has 1 amide bonds. The van der Waals surface area contributed by atoms with Crippen LogP contribution in [0, 0.1) is 12.7 Å². The summed E-state index contributed by atoms with van der Waals surface area (Å²) < 4.78 is 24.5. The molecule has 1 saturated heterocycles. The van der Waals surface area contributed by atoms with Crippen molar-refractivity contribution >= 4 is 39.9 Å². The summed E-state index contributed by atoms with van der Waals surface area (Å²) in [5.74, 6) is -2.96. The highest BCUT2D eigenvalue weighted by molar-refractivity contribution is 7.17. The van der Waals surface area contributed by atoms with E-state index in [0.29, 0.717) is 23.6 Å². The molecule has 202 valence electrons. The van der Waals surface area contributed by atoms with Gasteiger partial charge in [-0.2, -0.15) is 0 Å². The number of nitrogens with zero attached hydrogens (tertiary/aromatic N) is 2. The average molecular weight is 551 g/mol. The van der Waals surface area contributed by atoms with E-state index in [1.54, 1.807) is 31.2 Å². The van der Waals surface area contributed by atoms with E-state index in [4.69, 9.17) is 9.47 Å². The maximum absolute atomic E-state index is 13.6. The van der Waals surface area contributed by atoms with Gasteiger partial charge >= 0.3 is 11.9 Å². The number of Topliss-reactive ketones (excluding diaryl/α,β-unsaturated/α-hetero) is 1. The smallest absolute Gasteiger partial charge is 0.350 e. The van der Waals surface area contributed by atoms with Crippen LogP contribution in [0.5, 0.6) is 5.75 Å². The molecule has 2 aromatic carbocycles. The Balaban J connectivity index is 1.86. The number of hydrogen-bond donors (Lipinski definition) is 1. The fraction of sp³-hybridized carbons (Fsp3) is 0.241. The number of aliphatic hydroxyl groups is 1. The summed E-state index contributed by atoms with van der Waals surface area (Å²) in [6, 6.07) is 10.7. The largest absolute Gasteiger partial charge is 0.507 e. The van der Waals surface area contributed by atoms with Crippen LogP contribution in [-0.4, -0.2) is 41.0 Å². The van der Waals surface area contributed by atoms with Crippen LogP contribution in [0.15, 0.2) is 66.8 Å². The summed E-state index contributed by atoms with van der Waals surface area (Å²) in [5.41, 5.74) is 0.773. The Morgan fingerprint density at radius 2 is 1.97 bits per heavy atom. The molecule has 0 aliphatic carbocycles. The first-order chi connectivity index (χ1) is 18.8. The van der Waals surface area contributed by atoms with Gasteiger partial charge in [0.1, 0.15) is 28.8 Å². The van der Waals surface area contributed by atoms with E-state index in [1.807, 2.05) is 6.92 Å². The zero-order chi connectivity index (χ0) is 28.1. The molecule has 0 spiro atoms. The molecule has 3 aromatic rings. The number of thiazole rings is 1. The number of amides is 1. The van der Waals surface area contributed by atoms with Gasteiger partial charge < -0.3 is 14.6 Å². The van der Waals surface area contributed by atoms with Crippen molar-refractivity contribution in [1.29, 1.82) is 0 Å². The van der Waals surface area contributed by atoms with Crippen LogP contribution in [0.2, 0.25) is 0 Å². The summed E-state index contributed by atoms with van der Waals surface area (Å²) in [5, 5.41) is 11.3. The first kappa shape index (κ1) is 27.7. The van der Waals surface area contributed by atoms with Gasteiger partial charge in [0.05, 0.1) is 23.9 Å². The third-order valence-corrected chi connectivity index (χ3v) is 7.15. The van der Waals surface area contributed by atoms with E-state index in [-0.39, 0.29) is 27.8 Å². The number of esters is 1. The molecule has 2 heterocycles. The molecule has 1 atom stereocenters. The Hall–Kier alpha value is -4.31. The topological polar surface area (TPSA) is 106 Å². The van der Waals surface area contributed by atoms with Crippen molar-refractivity contribution in [3.63, 3.8) is 0 Å². The van der Waals surface area contributed by atoms with Crippen molar-refractivity contribution in [2.45, 2.75) is 32.7 Å². The van der Waals surface area contributed by atoms with E-state index in [1.165, 1.54) is 18.2 Å². The van der Waals surface area contributed by atoms with Crippen LogP contribution in [0.1, 0.15) is 52.3 Å². The fourth-order valence-electron chi connectivity index (χ4n) is 4.09. The Morgan fingerprint density at radius 1 is 1.23 bits per heavy atom.